The Morgan fingerprint density at radius 2 is 1.61 bits per heavy atom. The standard InChI is InChI=1S/C14H11ClO3/c15-11-6-8-13(9-7-11)18-14(16)10-17-12-4-2-1-3-5-12/h1-9H,10H2. The van der Waals surface area contributed by atoms with E-state index in [1.54, 1.807) is 36.4 Å². The van der Waals surface area contributed by atoms with Crippen LogP contribution in [0.3, 0.4) is 0 Å². The molecule has 0 N–H and O–H groups in total. The number of hydrogen-bond donors (Lipinski definition) is 0. The van der Waals surface area contributed by atoms with E-state index in [4.69, 9.17) is 21.1 Å². The van der Waals surface area contributed by atoms with E-state index in [1.807, 2.05) is 18.2 Å². The Labute approximate surface area is 110 Å². The minimum atomic E-state index is -0.457. The molecule has 18 heavy (non-hydrogen) atoms. The van der Waals surface area contributed by atoms with Crippen molar-refractivity contribution in [2.45, 2.75) is 0 Å². The Kier molecular flexibility index (Phi) is 4.20. The third kappa shape index (κ3) is 3.79. The molecule has 0 heterocycles. The van der Waals surface area contributed by atoms with Crippen LogP contribution in [0.25, 0.3) is 0 Å². The summed E-state index contributed by atoms with van der Waals surface area (Å²) < 4.78 is 10.3. The van der Waals surface area contributed by atoms with E-state index in [1.165, 1.54) is 0 Å². The van der Waals surface area contributed by atoms with Gasteiger partial charge in [0.1, 0.15) is 11.5 Å². The second-order valence-corrected chi connectivity index (χ2v) is 3.97. The maximum atomic E-state index is 11.5. The number of para-hydroxylation sites is 1. The first-order valence-corrected chi connectivity index (χ1v) is 5.76. The second-order valence-electron chi connectivity index (χ2n) is 3.53. The third-order valence-electron chi connectivity index (χ3n) is 2.15. The summed E-state index contributed by atoms with van der Waals surface area (Å²) in [5.74, 6) is 0.618. The Morgan fingerprint density at radius 1 is 0.944 bits per heavy atom. The summed E-state index contributed by atoms with van der Waals surface area (Å²) in [5, 5.41) is 0.593. The van der Waals surface area contributed by atoms with Gasteiger partial charge in [-0.05, 0) is 36.4 Å². The van der Waals surface area contributed by atoms with Gasteiger partial charge in [0, 0.05) is 5.02 Å². The number of benzene rings is 2. The summed E-state index contributed by atoms with van der Waals surface area (Å²) in [6.45, 7) is -0.132. The molecular weight excluding hydrogens is 252 g/mol. The molecule has 0 aliphatic rings. The third-order valence-corrected chi connectivity index (χ3v) is 2.40. The van der Waals surface area contributed by atoms with Crippen molar-refractivity contribution in [1.82, 2.24) is 0 Å². The molecule has 3 nitrogen and oxygen atoms in total. The van der Waals surface area contributed by atoms with Crippen molar-refractivity contribution in [3.05, 3.63) is 59.6 Å². The minimum Gasteiger partial charge on any atom is -0.482 e. The summed E-state index contributed by atoms with van der Waals surface area (Å²) in [7, 11) is 0. The lowest BCUT2D eigenvalue weighted by molar-refractivity contribution is -0.136. The Balaban J connectivity index is 1.84. The molecule has 0 aliphatic carbocycles. The number of hydrogen-bond acceptors (Lipinski definition) is 3. The van der Waals surface area contributed by atoms with Crippen LogP contribution >= 0.6 is 11.6 Å². The largest absolute Gasteiger partial charge is 0.482 e. The topological polar surface area (TPSA) is 35.5 Å². The number of carbonyl (C=O) groups excluding carboxylic acids is 1. The molecule has 0 spiro atoms. The number of rotatable bonds is 4. The predicted molar refractivity (Wildman–Crippen MR) is 69.0 cm³/mol. The zero-order valence-corrected chi connectivity index (χ0v) is 10.3. The number of carbonyl (C=O) groups is 1. The predicted octanol–water partition coefficient (Wildman–Crippen LogP) is 3.32. The van der Waals surface area contributed by atoms with E-state index in [9.17, 15) is 4.79 Å². The molecule has 0 amide bonds. The average molecular weight is 263 g/mol. The number of esters is 1. The molecule has 0 radical (unpaired) electrons. The maximum absolute atomic E-state index is 11.5. The smallest absolute Gasteiger partial charge is 0.349 e. The van der Waals surface area contributed by atoms with Crippen LogP contribution < -0.4 is 9.47 Å². The van der Waals surface area contributed by atoms with Crippen molar-refractivity contribution in [3.8, 4) is 11.5 Å². The van der Waals surface area contributed by atoms with Crippen LogP contribution in [-0.4, -0.2) is 12.6 Å². The first kappa shape index (κ1) is 12.5. The van der Waals surface area contributed by atoms with Gasteiger partial charge in [-0.25, -0.2) is 4.79 Å². The van der Waals surface area contributed by atoms with Gasteiger partial charge in [-0.3, -0.25) is 0 Å². The highest BCUT2D eigenvalue weighted by Crippen LogP contribution is 2.15. The van der Waals surface area contributed by atoms with Crippen LogP contribution in [0.2, 0.25) is 5.02 Å². The van der Waals surface area contributed by atoms with E-state index >= 15 is 0 Å². The van der Waals surface area contributed by atoms with Gasteiger partial charge in [-0.1, -0.05) is 29.8 Å². The van der Waals surface area contributed by atoms with E-state index in [0.29, 0.717) is 16.5 Å². The molecule has 2 aromatic rings. The van der Waals surface area contributed by atoms with Gasteiger partial charge < -0.3 is 9.47 Å². The summed E-state index contributed by atoms with van der Waals surface area (Å²) in [5.41, 5.74) is 0. The fourth-order valence-corrected chi connectivity index (χ4v) is 1.45. The quantitative estimate of drug-likeness (QED) is 0.626. The lowest BCUT2D eigenvalue weighted by atomic mass is 10.3. The fourth-order valence-electron chi connectivity index (χ4n) is 1.32. The zero-order valence-electron chi connectivity index (χ0n) is 9.51. The second kappa shape index (κ2) is 6.07. The first-order valence-electron chi connectivity index (χ1n) is 5.38. The van der Waals surface area contributed by atoms with Gasteiger partial charge in [0.05, 0.1) is 0 Å². The normalized spacial score (nSPS) is 9.83. The van der Waals surface area contributed by atoms with E-state index in [0.717, 1.165) is 0 Å². The molecule has 4 heteroatoms. The van der Waals surface area contributed by atoms with Crippen LogP contribution in [0.4, 0.5) is 0 Å². The van der Waals surface area contributed by atoms with Crippen molar-refractivity contribution in [1.29, 1.82) is 0 Å². The van der Waals surface area contributed by atoms with Crippen LogP contribution in [-0.2, 0) is 4.79 Å². The Morgan fingerprint density at radius 3 is 2.28 bits per heavy atom. The molecule has 0 unspecified atom stereocenters. The van der Waals surface area contributed by atoms with Crippen molar-refractivity contribution < 1.29 is 14.3 Å². The number of halogens is 1. The molecule has 0 saturated heterocycles. The monoisotopic (exact) mass is 262 g/mol. The molecule has 0 fully saturated rings. The highest BCUT2D eigenvalue weighted by molar-refractivity contribution is 6.30. The van der Waals surface area contributed by atoms with Gasteiger partial charge in [-0.2, -0.15) is 0 Å². The highest BCUT2D eigenvalue weighted by atomic mass is 35.5. The van der Waals surface area contributed by atoms with Crippen molar-refractivity contribution in [2.75, 3.05) is 6.61 Å². The number of ether oxygens (including phenoxy) is 2. The van der Waals surface area contributed by atoms with Gasteiger partial charge in [0.25, 0.3) is 0 Å². The minimum absolute atomic E-state index is 0.132. The molecule has 0 atom stereocenters. The Hall–Kier alpha value is -2.00. The summed E-state index contributed by atoms with van der Waals surface area (Å²) >= 11 is 5.72. The summed E-state index contributed by atoms with van der Waals surface area (Å²) in [6, 6.07) is 15.7. The molecule has 0 saturated carbocycles. The zero-order chi connectivity index (χ0) is 12.8. The Bertz CT molecular complexity index is 508. The van der Waals surface area contributed by atoms with Gasteiger partial charge in [0.2, 0.25) is 0 Å². The van der Waals surface area contributed by atoms with Gasteiger partial charge >= 0.3 is 5.97 Å². The first-order chi connectivity index (χ1) is 8.74. The van der Waals surface area contributed by atoms with E-state index in [-0.39, 0.29) is 6.61 Å². The molecule has 0 bridgehead atoms. The van der Waals surface area contributed by atoms with Crippen molar-refractivity contribution in [3.63, 3.8) is 0 Å². The summed E-state index contributed by atoms with van der Waals surface area (Å²) in [4.78, 5) is 11.5. The van der Waals surface area contributed by atoms with Gasteiger partial charge in [-0.15, -0.1) is 0 Å². The lowest BCUT2D eigenvalue weighted by Crippen LogP contribution is -2.17. The van der Waals surface area contributed by atoms with E-state index in [2.05, 4.69) is 0 Å². The van der Waals surface area contributed by atoms with Gasteiger partial charge in [0.15, 0.2) is 6.61 Å². The lowest BCUT2D eigenvalue weighted by Gasteiger charge is -2.06. The molecule has 2 aromatic carbocycles. The molecule has 0 aromatic heterocycles. The molecule has 2 rings (SSSR count). The molecular formula is C14H11ClO3. The molecule has 0 aliphatic heterocycles. The van der Waals surface area contributed by atoms with Crippen LogP contribution in [0, 0.1) is 0 Å². The van der Waals surface area contributed by atoms with Crippen molar-refractivity contribution in [2.24, 2.45) is 0 Å². The average Bonchev–Trinajstić information content (AvgIpc) is 2.40. The van der Waals surface area contributed by atoms with Crippen molar-refractivity contribution >= 4 is 17.6 Å². The molecule has 92 valence electrons. The summed E-state index contributed by atoms with van der Waals surface area (Å²) in [6.07, 6.45) is 0. The van der Waals surface area contributed by atoms with Crippen LogP contribution in [0.5, 0.6) is 11.5 Å². The van der Waals surface area contributed by atoms with Crippen LogP contribution in [0.15, 0.2) is 54.6 Å². The fraction of sp³-hybridized carbons (Fsp3) is 0.0714. The maximum Gasteiger partial charge on any atom is 0.349 e. The SMILES string of the molecule is O=C(COc1ccccc1)Oc1ccc(Cl)cc1. The highest BCUT2D eigenvalue weighted by Gasteiger charge is 2.05. The van der Waals surface area contributed by atoms with E-state index < -0.39 is 5.97 Å². The van der Waals surface area contributed by atoms with Crippen LogP contribution in [0.1, 0.15) is 0 Å².